The number of furan rings is 1. The van der Waals surface area contributed by atoms with E-state index < -0.39 is 8.07 Å². The Hall–Kier alpha value is -9.74. The van der Waals surface area contributed by atoms with Crippen molar-refractivity contribution in [3.05, 3.63) is 291 Å². The molecule has 0 aliphatic heterocycles. The van der Waals surface area contributed by atoms with Crippen molar-refractivity contribution in [2.75, 3.05) is 0 Å². The quantitative estimate of drug-likeness (QED) is 0.104. The Balaban J connectivity index is 1.01. The number of nitrogens with zero attached hydrogens (tertiary/aromatic N) is 2. The summed E-state index contributed by atoms with van der Waals surface area (Å²) in [6, 6.07) is 108. The first-order valence-corrected chi connectivity index (χ1v) is 28.1. The molecule has 0 aliphatic carbocycles. The Bertz CT molecular complexity index is 4580. The van der Waals surface area contributed by atoms with Crippen molar-refractivity contribution in [2.45, 2.75) is 0 Å². The first kappa shape index (κ1) is 43.8. The largest absolute Gasteiger partial charge is 0.455 e. The molecule has 356 valence electrons. The molecule has 3 aromatic heterocycles. The summed E-state index contributed by atoms with van der Waals surface area (Å²) in [7, 11) is -3.00. The predicted molar refractivity (Wildman–Crippen MR) is 322 cm³/mol. The van der Waals surface area contributed by atoms with Crippen molar-refractivity contribution >= 4 is 94.4 Å². The Morgan fingerprint density at radius 3 is 1.20 bits per heavy atom. The fourth-order valence-electron chi connectivity index (χ4n) is 12.4. The van der Waals surface area contributed by atoms with E-state index >= 15 is 0 Å². The molecule has 0 bridgehead atoms. The van der Waals surface area contributed by atoms with Gasteiger partial charge in [0.25, 0.3) is 0 Å². The van der Waals surface area contributed by atoms with E-state index in [1.54, 1.807) is 0 Å². The van der Waals surface area contributed by atoms with Crippen molar-refractivity contribution in [2.24, 2.45) is 0 Å². The van der Waals surface area contributed by atoms with E-state index in [1.807, 2.05) is 6.07 Å². The van der Waals surface area contributed by atoms with Gasteiger partial charge in [-0.05, 0) is 127 Å². The first-order chi connectivity index (χ1) is 37.7. The average molecular weight is 985 g/mol. The lowest BCUT2D eigenvalue weighted by atomic mass is 9.96. The Kier molecular flexibility index (Phi) is 10.2. The minimum Gasteiger partial charge on any atom is -0.455 e. The molecule has 0 saturated heterocycles. The molecular formula is C72H48N2OSi. The third-order valence-electron chi connectivity index (χ3n) is 15.8. The van der Waals surface area contributed by atoms with Gasteiger partial charge in [-0.3, -0.25) is 0 Å². The molecule has 0 radical (unpaired) electrons. The maximum atomic E-state index is 6.63. The first-order valence-electron chi connectivity index (χ1n) is 26.1. The monoisotopic (exact) mass is 984 g/mol. The maximum Gasteiger partial charge on any atom is 0.179 e. The van der Waals surface area contributed by atoms with Crippen LogP contribution in [-0.2, 0) is 0 Å². The van der Waals surface area contributed by atoms with Gasteiger partial charge < -0.3 is 13.6 Å². The van der Waals surface area contributed by atoms with Gasteiger partial charge in [0.05, 0.1) is 22.1 Å². The molecule has 76 heavy (non-hydrogen) atoms. The van der Waals surface area contributed by atoms with Crippen LogP contribution in [-0.4, -0.2) is 17.2 Å². The fourth-order valence-corrected chi connectivity index (χ4v) is 17.3. The number of rotatable bonds is 9. The van der Waals surface area contributed by atoms with Crippen molar-refractivity contribution < 1.29 is 4.42 Å². The summed E-state index contributed by atoms with van der Waals surface area (Å²) in [5.74, 6) is 0. The van der Waals surface area contributed by atoms with Crippen LogP contribution in [0.4, 0.5) is 0 Å². The van der Waals surface area contributed by atoms with E-state index in [0.717, 1.165) is 61.0 Å². The second-order valence-corrected chi connectivity index (χ2v) is 23.8. The molecule has 0 N–H and O–H groups in total. The predicted octanol–water partition coefficient (Wildman–Crippen LogP) is 16.2. The molecule has 3 nitrogen and oxygen atoms in total. The number of hydrogen-bond acceptors (Lipinski definition) is 1. The molecule has 0 unspecified atom stereocenters. The lowest BCUT2D eigenvalue weighted by molar-refractivity contribution is 0.670. The molecule has 15 aromatic rings. The molecule has 4 heteroatoms. The van der Waals surface area contributed by atoms with Crippen LogP contribution in [0.5, 0.6) is 0 Å². The van der Waals surface area contributed by atoms with E-state index in [-0.39, 0.29) is 0 Å². The third-order valence-corrected chi connectivity index (χ3v) is 20.6. The molecular weight excluding hydrogens is 937 g/mol. The van der Waals surface area contributed by atoms with E-state index in [1.165, 1.54) is 70.0 Å². The Morgan fingerprint density at radius 1 is 0.250 bits per heavy atom. The molecule has 0 saturated carbocycles. The Labute approximate surface area is 441 Å². The molecule has 0 amide bonds. The smallest absolute Gasteiger partial charge is 0.179 e. The highest BCUT2D eigenvalue weighted by molar-refractivity contribution is 7.20. The van der Waals surface area contributed by atoms with Gasteiger partial charge >= 0.3 is 0 Å². The third kappa shape index (κ3) is 6.88. The van der Waals surface area contributed by atoms with Crippen LogP contribution in [0.1, 0.15) is 0 Å². The highest BCUT2D eigenvalue weighted by atomic mass is 28.3. The zero-order chi connectivity index (χ0) is 50.2. The van der Waals surface area contributed by atoms with Gasteiger partial charge in [0.1, 0.15) is 11.2 Å². The number of hydrogen-bond donors (Lipinski definition) is 0. The van der Waals surface area contributed by atoms with E-state index in [2.05, 4.69) is 294 Å². The van der Waals surface area contributed by atoms with Crippen molar-refractivity contribution in [1.29, 1.82) is 0 Å². The molecule has 15 rings (SSSR count). The molecule has 3 heterocycles. The summed E-state index contributed by atoms with van der Waals surface area (Å²) in [6.07, 6.45) is 0. The second kappa shape index (κ2) is 17.7. The highest BCUT2D eigenvalue weighted by Crippen LogP contribution is 2.42. The fraction of sp³-hybridized carbons (Fsp3) is 0. The van der Waals surface area contributed by atoms with Gasteiger partial charge in [-0.1, -0.05) is 212 Å². The number of aromatic nitrogens is 2. The second-order valence-electron chi connectivity index (χ2n) is 20.0. The lowest BCUT2D eigenvalue weighted by Gasteiger charge is -2.35. The molecule has 12 aromatic carbocycles. The standard InChI is InChI=1S/C72H48N2OSi/c1-6-21-54(22-7-1)73-67-35-18-16-31-61(67)64-46-49(37-40-68(64)73)52-43-53(45-59(44-52)76(56-25-10-3-11-26-56,57-27-12-4-13-28-57)58-29-14-5-15-30-58)50-38-41-69-65(47-50)66-48-51(39-42-70(66)74(69)55-23-8-2-9-24-55)60-33-20-34-63-62-32-17-19-36-71(62)75-72(60)63/h1-48H. The van der Waals surface area contributed by atoms with Crippen molar-refractivity contribution in [3.63, 3.8) is 0 Å². The summed E-state index contributed by atoms with van der Waals surface area (Å²) < 4.78 is 11.5. The average Bonchev–Trinajstić information content (AvgIpc) is 4.19. The molecule has 0 aliphatic rings. The van der Waals surface area contributed by atoms with Crippen LogP contribution in [0.2, 0.25) is 0 Å². The topological polar surface area (TPSA) is 23.0 Å². The SMILES string of the molecule is c1ccc(-n2c3ccccc3c3cc(-c4cc(-c5ccc6c(c5)c5cc(-c7cccc8c7oc7ccccc78)ccc5n6-c5ccccc5)cc([Si](c5ccccc5)(c5ccccc5)c5ccccc5)c4)ccc32)cc1. The summed E-state index contributed by atoms with van der Waals surface area (Å²) in [5, 5.41) is 12.4. The van der Waals surface area contributed by atoms with Crippen molar-refractivity contribution in [1.82, 2.24) is 9.13 Å². The molecule has 0 fully saturated rings. The van der Waals surface area contributed by atoms with Crippen LogP contribution in [0, 0.1) is 0 Å². The van der Waals surface area contributed by atoms with Gasteiger partial charge in [0.15, 0.2) is 8.07 Å². The van der Waals surface area contributed by atoms with Gasteiger partial charge in [-0.15, -0.1) is 0 Å². The van der Waals surface area contributed by atoms with Crippen LogP contribution in [0.15, 0.2) is 296 Å². The zero-order valence-electron chi connectivity index (χ0n) is 41.5. The zero-order valence-corrected chi connectivity index (χ0v) is 42.5. The summed E-state index contributed by atoms with van der Waals surface area (Å²) in [4.78, 5) is 0. The van der Waals surface area contributed by atoms with Crippen molar-refractivity contribution in [3.8, 4) is 44.8 Å². The molecule has 0 spiro atoms. The summed E-state index contributed by atoms with van der Waals surface area (Å²) in [6.45, 7) is 0. The van der Waals surface area contributed by atoms with E-state index in [9.17, 15) is 0 Å². The van der Waals surface area contributed by atoms with Crippen LogP contribution < -0.4 is 20.7 Å². The number of fused-ring (bicyclic) bond motifs is 9. The van der Waals surface area contributed by atoms with Gasteiger partial charge in [0, 0.05) is 49.3 Å². The lowest BCUT2D eigenvalue weighted by Crippen LogP contribution is -2.74. The molecule has 0 atom stereocenters. The van der Waals surface area contributed by atoms with Crippen LogP contribution in [0.25, 0.3) is 110 Å². The van der Waals surface area contributed by atoms with Crippen LogP contribution in [0.3, 0.4) is 0 Å². The normalized spacial score (nSPS) is 11.9. The van der Waals surface area contributed by atoms with Gasteiger partial charge in [-0.2, -0.15) is 0 Å². The summed E-state index contributed by atoms with van der Waals surface area (Å²) >= 11 is 0. The van der Waals surface area contributed by atoms with Crippen LogP contribution >= 0.6 is 0 Å². The maximum absolute atomic E-state index is 6.63. The van der Waals surface area contributed by atoms with Gasteiger partial charge in [0.2, 0.25) is 0 Å². The minimum absolute atomic E-state index is 0.899. The highest BCUT2D eigenvalue weighted by Gasteiger charge is 2.42. The Morgan fingerprint density at radius 2 is 0.658 bits per heavy atom. The summed E-state index contributed by atoms with van der Waals surface area (Å²) in [5.41, 5.74) is 15.7. The van der Waals surface area contributed by atoms with E-state index in [0.29, 0.717) is 0 Å². The van der Waals surface area contributed by atoms with E-state index in [4.69, 9.17) is 4.42 Å². The van der Waals surface area contributed by atoms with Gasteiger partial charge in [-0.25, -0.2) is 0 Å². The number of benzene rings is 12. The number of para-hydroxylation sites is 5. The minimum atomic E-state index is -3.00.